The Bertz CT molecular complexity index is 510. The highest BCUT2D eigenvalue weighted by atomic mass is 35.5. The van der Waals surface area contributed by atoms with Crippen LogP contribution in [0, 0.1) is 12.3 Å². The minimum atomic E-state index is 0. The fourth-order valence-electron chi connectivity index (χ4n) is 1.36. The minimum Gasteiger partial charge on any atom is -1.00 e. The van der Waals surface area contributed by atoms with Crippen molar-refractivity contribution in [3.8, 4) is 0 Å². The second-order valence-electron chi connectivity index (χ2n) is 2.87. The Labute approximate surface area is 86.8 Å². The van der Waals surface area contributed by atoms with E-state index in [9.17, 15) is 0 Å². The summed E-state index contributed by atoms with van der Waals surface area (Å²) in [6, 6.07) is 1.86. The number of pyridine rings is 1. The average Bonchev–Trinajstić information content (AvgIpc) is 2.42. The minimum absolute atomic E-state index is 0. The molecule has 0 aromatic carbocycles. The van der Waals surface area contributed by atoms with Gasteiger partial charge in [0.25, 0.3) is 0 Å². The number of rotatable bonds is 0. The molecule has 72 valence electrons. The maximum atomic E-state index is 8.77. The van der Waals surface area contributed by atoms with Crippen molar-refractivity contribution in [3.63, 3.8) is 0 Å². The smallest absolute Gasteiger partial charge is 0.455 e. The number of diazo groups is 1. The van der Waals surface area contributed by atoms with E-state index in [2.05, 4.69) is 15.1 Å². The molecule has 0 aliphatic rings. The van der Waals surface area contributed by atoms with Crippen LogP contribution >= 0.6 is 0 Å². The number of aryl methyl sites for hydroxylation is 2. The van der Waals surface area contributed by atoms with Gasteiger partial charge < -0.3 is 12.4 Å². The third-order valence-corrected chi connectivity index (χ3v) is 2.01. The molecule has 2 aromatic rings. The van der Waals surface area contributed by atoms with Crippen LogP contribution in [-0.2, 0) is 7.05 Å². The van der Waals surface area contributed by atoms with Gasteiger partial charge in [-0.2, -0.15) is 0 Å². The van der Waals surface area contributed by atoms with Crippen LogP contribution in [-0.4, -0.2) is 14.8 Å². The summed E-state index contributed by atoms with van der Waals surface area (Å²) in [6.07, 6.45) is 1.69. The van der Waals surface area contributed by atoms with Crippen LogP contribution in [0.25, 0.3) is 16.0 Å². The van der Waals surface area contributed by atoms with Gasteiger partial charge in [-0.3, -0.25) is 0 Å². The largest absolute Gasteiger partial charge is 1.00 e. The van der Waals surface area contributed by atoms with Crippen molar-refractivity contribution in [1.29, 1.82) is 5.39 Å². The molecule has 2 heterocycles. The van der Waals surface area contributed by atoms with Gasteiger partial charge in [0.1, 0.15) is 12.4 Å². The summed E-state index contributed by atoms with van der Waals surface area (Å²) in [4.78, 5) is 7.25. The highest BCUT2D eigenvalue weighted by Gasteiger charge is 2.21. The molecule has 0 radical (unpaired) electrons. The summed E-state index contributed by atoms with van der Waals surface area (Å²) in [6.45, 7) is 1.93. The molecule has 0 fully saturated rings. The second kappa shape index (κ2) is 3.60. The summed E-state index contributed by atoms with van der Waals surface area (Å²) in [5.41, 5.74) is 1.61. The molecule has 0 bridgehead atoms. The van der Waals surface area contributed by atoms with Crippen molar-refractivity contribution in [2.24, 2.45) is 7.05 Å². The molecule has 2 rings (SSSR count). The maximum absolute atomic E-state index is 8.77. The van der Waals surface area contributed by atoms with Crippen LogP contribution in [0.3, 0.4) is 0 Å². The molecule has 2 aromatic heterocycles. The molecule has 6 heteroatoms. The van der Waals surface area contributed by atoms with E-state index in [1.54, 1.807) is 13.2 Å². The zero-order valence-electron chi connectivity index (χ0n) is 7.77. The number of hydrogen-bond acceptors (Lipinski definition) is 3. The van der Waals surface area contributed by atoms with Crippen LogP contribution in [0.2, 0.25) is 0 Å². The predicted molar refractivity (Wildman–Crippen MR) is 48.0 cm³/mol. The average molecular weight is 210 g/mol. The van der Waals surface area contributed by atoms with E-state index in [0.717, 1.165) is 10.9 Å². The molecule has 0 saturated carbocycles. The molecule has 0 amide bonds. The van der Waals surface area contributed by atoms with Crippen LogP contribution in [0.4, 0.5) is 5.82 Å². The van der Waals surface area contributed by atoms with Crippen molar-refractivity contribution in [2.45, 2.75) is 6.92 Å². The van der Waals surface area contributed by atoms with Gasteiger partial charge in [0.2, 0.25) is 5.65 Å². The van der Waals surface area contributed by atoms with Crippen molar-refractivity contribution < 1.29 is 12.4 Å². The van der Waals surface area contributed by atoms with Gasteiger partial charge in [-0.05, 0) is 18.6 Å². The van der Waals surface area contributed by atoms with Crippen molar-refractivity contribution in [2.75, 3.05) is 0 Å². The predicted octanol–water partition coefficient (Wildman–Crippen LogP) is -1.23. The van der Waals surface area contributed by atoms with E-state index in [4.69, 9.17) is 5.39 Å². The van der Waals surface area contributed by atoms with E-state index in [1.807, 2.05) is 13.0 Å². The highest BCUT2D eigenvalue weighted by Crippen LogP contribution is 2.26. The molecular weight excluding hydrogens is 202 g/mol. The number of fused-ring (bicyclic) bond motifs is 1. The molecule has 0 saturated heterocycles. The summed E-state index contributed by atoms with van der Waals surface area (Å²) >= 11 is 0. The van der Waals surface area contributed by atoms with Gasteiger partial charge in [-0.1, -0.05) is 5.10 Å². The fraction of sp³-hybridized carbons (Fsp3) is 0.250. The van der Waals surface area contributed by atoms with Crippen molar-refractivity contribution >= 4 is 16.9 Å². The Morgan fingerprint density at radius 3 is 2.86 bits per heavy atom. The third-order valence-electron chi connectivity index (χ3n) is 2.01. The van der Waals surface area contributed by atoms with E-state index in [0.29, 0.717) is 11.5 Å². The molecule has 0 aliphatic heterocycles. The summed E-state index contributed by atoms with van der Waals surface area (Å²) in [7, 11) is 1.72. The number of nitrogens with zero attached hydrogens (tertiary/aromatic N) is 5. The first kappa shape index (κ1) is 10.4. The van der Waals surface area contributed by atoms with Gasteiger partial charge in [-0.25, -0.2) is 4.98 Å². The standard InChI is InChI=1S/C8H8N5.ClH/c1-5-3-4-10-7-6(5)8(11-9)13(2)12-7;/h3-4H,1-2H3;1H/q+1;/p-1. The van der Waals surface area contributed by atoms with Crippen molar-refractivity contribution in [1.82, 2.24) is 14.8 Å². The third kappa shape index (κ3) is 1.30. The molecule has 0 N–H and O–H groups in total. The number of halogens is 1. The lowest BCUT2D eigenvalue weighted by atomic mass is 10.2. The van der Waals surface area contributed by atoms with E-state index >= 15 is 0 Å². The summed E-state index contributed by atoms with van der Waals surface area (Å²) < 4.78 is 1.50. The van der Waals surface area contributed by atoms with Gasteiger partial charge in [0.15, 0.2) is 0 Å². The Morgan fingerprint density at radius 1 is 1.50 bits per heavy atom. The zero-order valence-corrected chi connectivity index (χ0v) is 8.52. The maximum Gasteiger partial charge on any atom is 0.455 e. The first-order valence-electron chi connectivity index (χ1n) is 3.87. The van der Waals surface area contributed by atoms with Crippen LogP contribution in [0.1, 0.15) is 5.56 Å². The SMILES string of the molecule is Cc1ccnc2nn(C)c([N+]#N)c12.[Cl-]. The summed E-state index contributed by atoms with van der Waals surface area (Å²) in [5.74, 6) is 0.445. The lowest BCUT2D eigenvalue weighted by molar-refractivity contribution is -0.00000315. The van der Waals surface area contributed by atoms with Gasteiger partial charge in [0.05, 0.1) is 5.39 Å². The summed E-state index contributed by atoms with van der Waals surface area (Å²) in [5, 5.41) is 13.7. The molecule has 0 aliphatic carbocycles. The monoisotopic (exact) mass is 209 g/mol. The molecule has 14 heavy (non-hydrogen) atoms. The Hall–Kier alpha value is -1.67. The molecule has 0 atom stereocenters. The number of aromatic nitrogens is 3. The zero-order chi connectivity index (χ0) is 9.42. The molecule has 5 nitrogen and oxygen atoms in total. The van der Waals surface area contributed by atoms with Gasteiger partial charge >= 0.3 is 5.82 Å². The lowest BCUT2D eigenvalue weighted by Crippen LogP contribution is -3.00. The molecule has 0 spiro atoms. The molecule has 0 unspecified atom stereocenters. The first-order chi connectivity index (χ1) is 6.24. The fourth-order valence-corrected chi connectivity index (χ4v) is 1.36. The number of hydrogen-bond donors (Lipinski definition) is 0. The van der Waals surface area contributed by atoms with Gasteiger partial charge in [0, 0.05) is 11.2 Å². The van der Waals surface area contributed by atoms with E-state index in [-0.39, 0.29) is 12.4 Å². The lowest BCUT2D eigenvalue weighted by Gasteiger charge is -1.87. The van der Waals surface area contributed by atoms with Crippen LogP contribution in [0.15, 0.2) is 12.3 Å². The first-order valence-corrected chi connectivity index (χ1v) is 3.87. The second-order valence-corrected chi connectivity index (χ2v) is 2.87. The Morgan fingerprint density at radius 2 is 2.21 bits per heavy atom. The topological polar surface area (TPSA) is 58.9 Å². The normalized spacial score (nSPS) is 9.50. The van der Waals surface area contributed by atoms with Gasteiger partial charge in [-0.15, -0.1) is 4.68 Å². The van der Waals surface area contributed by atoms with Crippen LogP contribution in [0.5, 0.6) is 0 Å². The van der Waals surface area contributed by atoms with Crippen LogP contribution < -0.4 is 12.4 Å². The Kier molecular flexibility index (Phi) is 2.68. The van der Waals surface area contributed by atoms with E-state index < -0.39 is 0 Å². The molecular formula is C8H8ClN5. The van der Waals surface area contributed by atoms with E-state index in [1.165, 1.54) is 4.68 Å². The van der Waals surface area contributed by atoms with Crippen molar-refractivity contribution in [3.05, 3.63) is 22.8 Å². The Balaban J connectivity index is 0.000000980. The quantitative estimate of drug-likeness (QED) is 0.511. The highest BCUT2D eigenvalue weighted by molar-refractivity contribution is 5.90.